The lowest BCUT2D eigenvalue weighted by atomic mass is 10.1. The Morgan fingerprint density at radius 1 is 1.08 bits per heavy atom. The molecule has 3 fully saturated rings. The lowest BCUT2D eigenvalue weighted by molar-refractivity contribution is -0.151. The Hall–Kier alpha value is -2.39. The van der Waals surface area contributed by atoms with Gasteiger partial charge in [-0.2, -0.15) is 0 Å². The Bertz CT molecular complexity index is 625. The fourth-order valence-electron chi connectivity index (χ4n) is 3.65. The number of ether oxygens (including phenoxy) is 1. The summed E-state index contributed by atoms with van der Waals surface area (Å²) in [5.41, 5.74) is 0. The molecule has 144 valence electrons. The second kappa shape index (κ2) is 7.08. The average molecular weight is 371 g/mol. The number of nitrogens with one attached hydrogen (secondary N) is 1. The fourth-order valence-corrected chi connectivity index (χ4v) is 3.65. The van der Waals surface area contributed by atoms with Gasteiger partial charge in [0.15, 0.2) is 0 Å². The Kier molecular flexibility index (Phi) is 5.01. The van der Waals surface area contributed by atoms with Crippen molar-refractivity contribution in [1.82, 2.24) is 15.1 Å². The van der Waals surface area contributed by atoms with Crippen LogP contribution in [0.2, 0.25) is 0 Å². The van der Waals surface area contributed by atoms with Crippen molar-refractivity contribution < 1.29 is 33.4 Å². The number of nitrogens with zero attached hydrogens (tertiary/aromatic N) is 2. The quantitative estimate of drug-likeness (QED) is 0.658. The fraction of sp³-hybridized carbons (Fsp3) is 0.750. The Balaban J connectivity index is 1.65. The first kappa shape index (κ1) is 18.4. The highest BCUT2D eigenvalue weighted by Crippen LogP contribution is 2.34. The first-order chi connectivity index (χ1) is 12.3. The third kappa shape index (κ3) is 3.58. The largest absolute Gasteiger partial charge is 0.467 e. The number of methoxy groups -OCH3 is 1. The number of alkyl halides is 1. The average Bonchev–Trinajstić information content (AvgIpc) is 3.25. The van der Waals surface area contributed by atoms with Gasteiger partial charge in [0, 0.05) is 31.3 Å². The number of hydrogen-bond donors (Lipinski definition) is 2. The molecule has 3 amide bonds. The minimum atomic E-state index is -1.39. The topological polar surface area (TPSA) is 116 Å². The van der Waals surface area contributed by atoms with Crippen molar-refractivity contribution in [3.63, 3.8) is 0 Å². The van der Waals surface area contributed by atoms with E-state index in [0.717, 1.165) is 17.7 Å². The highest BCUT2D eigenvalue weighted by molar-refractivity contribution is 5.89. The number of likely N-dealkylation sites (tertiary alicyclic amines) is 2. The number of rotatable bonds is 4. The summed E-state index contributed by atoms with van der Waals surface area (Å²) in [6.07, 6.45) is -1.18. The van der Waals surface area contributed by atoms with Crippen molar-refractivity contribution in [2.24, 2.45) is 5.92 Å². The second-order valence-electron chi connectivity index (χ2n) is 7.03. The van der Waals surface area contributed by atoms with Crippen molar-refractivity contribution in [3.05, 3.63) is 0 Å². The molecule has 9 nitrogen and oxygen atoms in total. The smallest absolute Gasteiger partial charge is 0.408 e. The van der Waals surface area contributed by atoms with E-state index in [1.165, 1.54) is 12.0 Å². The maximum atomic E-state index is 13.5. The van der Waals surface area contributed by atoms with Gasteiger partial charge in [-0.05, 0) is 12.8 Å². The molecule has 4 atom stereocenters. The van der Waals surface area contributed by atoms with Crippen LogP contribution in [0.3, 0.4) is 0 Å². The van der Waals surface area contributed by atoms with Crippen LogP contribution in [0, 0.1) is 5.92 Å². The number of carbonyl (C=O) groups is 4. The van der Waals surface area contributed by atoms with E-state index >= 15 is 0 Å². The van der Waals surface area contributed by atoms with Gasteiger partial charge in [0.1, 0.15) is 18.3 Å². The molecule has 0 unspecified atom stereocenters. The Labute approximate surface area is 149 Å². The SMILES string of the molecule is COC(=O)[C@H]1C[C@@H](NC(=O)[C@@H]2C[C@H](F)CN2C(=O)O)CN1C(=O)C1CC1. The lowest BCUT2D eigenvalue weighted by Gasteiger charge is -2.23. The number of esters is 1. The normalized spacial score (nSPS) is 31.0. The Morgan fingerprint density at radius 3 is 2.35 bits per heavy atom. The summed E-state index contributed by atoms with van der Waals surface area (Å²) in [5.74, 6) is -1.37. The maximum absolute atomic E-state index is 13.5. The molecule has 1 saturated carbocycles. The van der Waals surface area contributed by atoms with E-state index in [2.05, 4.69) is 5.32 Å². The zero-order chi connectivity index (χ0) is 19.0. The van der Waals surface area contributed by atoms with E-state index in [9.17, 15) is 23.6 Å². The molecule has 0 radical (unpaired) electrons. The molecule has 0 aromatic heterocycles. The van der Waals surface area contributed by atoms with Gasteiger partial charge in [0.25, 0.3) is 0 Å². The van der Waals surface area contributed by atoms with Crippen LogP contribution in [0.5, 0.6) is 0 Å². The standard InChI is InChI=1S/C16H22FN3O6/c1-26-15(23)12-5-10(7-19(12)14(22)8-2-3-8)18-13(21)11-4-9(17)6-20(11)16(24)25/h8-12H,2-7H2,1H3,(H,18,21)(H,24,25)/t9-,10+,11-,12+/m0/s1. The van der Waals surface area contributed by atoms with Crippen molar-refractivity contribution in [2.45, 2.75) is 50.0 Å². The van der Waals surface area contributed by atoms with Crippen LogP contribution in [0.25, 0.3) is 0 Å². The number of carboxylic acid groups (broad SMARTS) is 1. The van der Waals surface area contributed by atoms with Crippen LogP contribution in [0.1, 0.15) is 25.7 Å². The minimum absolute atomic E-state index is 0.0822. The van der Waals surface area contributed by atoms with Gasteiger partial charge in [0.05, 0.1) is 13.7 Å². The molecule has 0 spiro atoms. The molecular weight excluding hydrogens is 349 g/mol. The zero-order valence-corrected chi connectivity index (χ0v) is 14.4. The van der Waals surface area contributed by atoms with Gasteiger partial charge in [-0.3, -0.25) is 14.5 Å². The molecule has 2 N–H and O–H groups in total. The zero-order valence-electron chi connectivity index (χ0n) is 14.4. The summed E-state index contributed by atoms with van der Waals surface area (Å²) in [4.78, 5) is 50.2. The van der Waals surface area contributed by atoms with E-state index in [1.807, 2.05) is 0 Å². The molecule has 2 aliphatic heterocycles. The van der Waals surface area contributed by atoms with E-state index in [4.69, 9.17) is 9.84 Å². The molecule has 2 saturated heterocycles. The van der Waals surface area contributed by atoms with Gasteiger partial charge in [0.2, 0.25) is 11.8 Å². The molecule has 3 aliphatic rings. The number of hydrogen-bond acceptors (Lipinski definition) is 5. The predicted octanol–water partition coefficient (Wildman–Crippen LogP) is -0.254. The van der Waals surface area contributed by atoms with Crippen molar-refractivity contribution in [3.8, 4) is 0 Å². The van der Waals surface area contributed by atoms with E-state index in [1.54, 1.807) is 0 Å². The maximum Gasteiger partial charge on any atom is 0.408 e. The van der Waals surface area contributed by atoms with Crippen molar-refractivity contribution in [2.75, 3.05) is 20.2 Å². The van der Waals surface area contributed by atoms with Crippen LogP contribution < -0.4 is 5.32 Å². The predicted molar refractivity (Wildman–Crippen MR) is 84.8 cm³/mol. The van der Waals surface area contributed by atoms with Crippen LogP contribution in [-0.4, -0.2) is 83.3 Å². The van der Waals surface area contributed by atoms with Gasteiger partial charge in [-0.1, -0.05) is 0 Å². The highest BCUT2D eigenvalue weighted by Gasteiger charge is 2.46. The van der Waals surface area contributed by atoms with Crippen LogP contribution >= 0.6 is 0 Å². The van der Waals surface area contributed by atoms with Crippen LogP contribution in [-0.2, 0) is 19.1 Å². The molecule has 0 aromatic rings. The van der Waals surface area contributed by atoms with Crippen molar-refractivity contribution >= 4 is 23.9 Å². The van der Waals surface area contributed by atoms with Gasteiger partial charge < -0.3 is 20.1 Å². The molecular formula is C16H22FN3O6. The molecule has 26 heavy (non-hydrogen) atoms. The number of amides is 3. The van der Waals surface area contributed by atoms with Crippen molar-refractivity contribution in [1.29, 1.82) is 0 Å². The third-order valence-corrected chi connectivity index (χ3v) is 5.13. The third-order valence-electron chi connectivity index (χ3n) is 5.13. The van der Waals surface area contributed by atoms with Gasteiger partial charge in [-0.15, -0.1) is 0 Å². The number of halogens is 1. The summed E-state index contributed by atoms with van der Waals surface area (Å²) in [6, 6.07) is -2.39. The second-order valence-corrected chi connectivity index (χ2v) is 7.03. The summed E-state index contributed by atoms with van der Waals surface area (Å²) >= 11 is 0. The molecule has 0 bridgehead atoms. The number of carbonyl (C=O) groups excluding carboxylic acids is 3. The molecule has 10 heteroatoms. The van der Waals surface area contributed by atoms with Gasteiger partial charge in [-0.25, -0.2) is 14.0 Å². The summed E-state index contributed by atoms with van der Waals surface area (Å²) in [7, 11) is 1.23. The van der Waals surface area contributed by atoms with E-state index in [-0.39, 0.29) is 37.8 Å². The van der Waals surface area contributed by atoms with E-state index in [0.29, 0.717) is 0 Å². The summed E-state index contributed by atoms with van der Waals surface area (Å²) in [6.45, 7) is -0.186. The summed E-state index contributed by atoms with van der Waals surface area (Å²) < 4.78 is 18.3. The first-order valence-electron chi connectivity index (χ1n) is 8.64. The van der Waals surface area contributed by atoms with Crippen LogP contribution in [0.15, 0.2) is 0 Å². The molecule has 0 aromatic carbocycles. The molecule has 1 aliphatic carbocycles. The van der Waals surface area contributed by atoms with E-state index < -0.39 is 42.3 Å². The van der Waals surface area contributed by atoms with Gasteiger partial charge >= 0.3 is 12.1 Å². The minimum Gasteiger partial charge on any atom is -0.467 e. The highest BCUT2D eigenvalue weighted by atomic mass is 19.1. The molecule has 3 rings (SSSR count). The summed E-state index contributed by atoms with van der Waals surface area (Å²) in [5, 5.41) is 11.8. The Morgan fingerprint density at radius 2 is 1.77 bits per heavy atom. The first-order valence-corrected chi connectivity index (χ1v) is 8.64. The monoisotopic (exact) mass is 371 g/mol. The lowest BCUT2D eigenvalue weighted by Crippen LogP contribution is -2.49. The van der Waals surface area contributed by atoms with Crippen LogP contribution in [0.4, 0.5) is 9.18 Å². The molecule has 2 heterocycles.